The van der Waals surface area contributed by atoms with E-state index in [-0.39, 0.29) is 5.91 Å². The molecule has 4 nitrogen and oxygen atoms in total. The molecule has 0 rings (SSSR count). The molecule has 0 aliphatic rings. The van der Waals surface area contributed by atoms with Crippen molar-refractivity contribution < 1.29 is 9.53 Å². The van der Waals surface area contributed by atoms with Crippen molar-refractivity contribution in [1.29, 1.82) is 0 Å². The second-order valence-electron chi connectivity index (χ2n) is 3.43. The van der Waals surface area contributed by atoms with Crippen LogP contribution < -0.4 is 5.32 Å². The van der Waals surface area contributed by atoms with Gasteiger partial charge in [-0.05, 0) is 19.7 Å². The van der Waals surface area contributed by atoms with Gasteiger partial charge < -0.3 is 10.1 Å². The number of nitrogens with one attached hydrogen (secondary N) is 1. The molecule has 0 spiro atoms. The molecule has 15 heavy (non-hydrogen) atoms. The van der Waals surface area contributed by atoms with Gasteiger partial charge in [-0.15, -0.1) is 0 Å². The van der Waals surface area contributed by atoms with Crippen LogP contribution in [0.1, 0.15) is 6.42 Å². The van der Waals surface area contributed by atoms with Crippen LogP contribution in [0.15, 0.2) is 0 Å². The second-order valence-corrected chi connectivity index (χ2v) is 4.41. The fraction of sp³-hybridized carbons (Fsp3) is 0.900. The summed E-state index contributed by atoms with van der Waals surface area (Å²) in [6, 6.07) is 0. The number of hydrogen-bond donors (Lipinski definition) is 1. The summed E-state index contributed by atoms with van der Waals surface area (Å²) in [7, 11) is 3.63. The fourth-order valence-corrected chi connectivity index (χ4v) is 1.57. The predicted molar refractivity (Wildman–Crippen MR) is 65.4 cm³/mol. The first kappa shape index (κ1) is 14.7. The predicted octanol–water partition coefficient (Wildman–Crippen LogP) is 0.434. The first-order valence-electron chi connectivity index (χ1n) is 5.13. The van der Waals surface area contributed by atoms with Gasteiger partial charge in [0.2, 0.25) is 5.91 Å². The lowest BCUT2D eigenvalue weighted by Crippen LogP contribution is -2.36. The number of amides is 1. The highest BCUT2D eigenvalue weighted by atomic mass is 32.2. The Morgan fingerprint density at radius 1 is 1.53 bits per heavy atom. The van der Waals surface area contributed by atoms with Crippen molar-refractivity contribution in [3.63, 3.8) is 0 Å². The van der Waals surface area contributed by atoms with Gasteiger partial charge in [0.25, 0.3) is 0 Å². The molecule has 1 N–H and O–H groups in total. The lowest BCUT2D eigenvalue weighted by Gasteiger charge is -2.15. The standard InChI is InChI=1S/C10H22N2O2S/c1-12(6-8-15-3)9-10(13)11-5-4-7-14-2/h4-9H2,1-3H3,(H,11,13). The molecule has 0 atom stereocenters. The van der Waals surface area contributed by atoms with Gasteiger partial charge in [-0.25, -0.2) is 0 Å². The number of methoxy groups -OCH3 is 1. The van der Waals surface area contributed by atoms with E-state index >= 15 is 0 Å². The fourth-order valence-electron chi connectivity index (χ4n) is 1.07. The van der Waals surface area contributed by atoms with Crippen LogP contribution in [0, 0.1) is 0 Å². The summed E-state index contributed by atoms with van der Waals surface area (Å²) in [5.74, 6) is 1.16. The second kappa shape index (κ2) is 10.3. The van der Waals surface area contributed by atoms with Crippen molar-refractivity contribution in [2.24, 2.45) is 0 Å². The monoisotopic (exact) mass is 234 g/mol. The van der Waals surface area contributed by atoms with Crippen molar-refractivity contribution in [2.45, 2.75) is 6.42 Å². The van der Waals surface area contributed by atoms with E-state index < -0.39 is 0 Å². The Kier molecular flexibility index (Phi) is 10.1. The molecule has 0 aromatic heterocycles. The van der Waals surface area contributed by atoms with E-state index in [2.05, 4.69) is 11.6 Å². The molecule has 90 valence electrons. The molecule has 0 aliphatic carbocycles. The van der Waals surface area contributed by atoms with E-state index in [0.29, 0.717) is 19.7 Å². The number of ether oxygens (including phenoxy) is 1. The van der Waals surface area contributed by atoms with E-state index in [1.807, 2.05) is 11.9 Å². The van der Waals surface area contributed by atoms with E-state index in [4.69, 9.17) is 4.74 Å². The molecule has 1 amide bonds. The molecule has 0 aromatic rings. The third-order valence-corrected chi connectivity index (χ3v) is 2.53. The highest BCUT2D eigenvalue weighted by Gasteiger charge is 2.04. The van der Waals surface area contributed by atoms with E-state index in [0.717, 1.165) is 18.7 Å². The number of carbonyl (C=O) groups excluding carboxylic acids is 1. The van der Waals surface area contributed by atoms with Crippen molar-refractivity contribution in [3.8, 4) is 0 Å². The minimum absolute atomic E-state index is 0.0923. The summed E-state index contributed by atoms with van der Waals surface area (Å²) in [4.78, 5) is 13.4. The maximum absolute atomic E-state index is 11.4. The molecule has 0 radical (unpaired) electrons. The van der Waals surface area contributed by atoms with Crippen molar-refractivity contribution in [1.82, 2.24) is 10.2 Å². The zero-order valence-corrected chi connectivity index (χ0v) is 10.7. The molecule has 0 saturated heterocycles. The van der Waals surface area contributed by atoms with Gasteiger partial charge in [0.15, 0.2) is 0 Å². The highest BCUT2D eigenvalue weighted by molar-refractivity contribution is 7.98. The molecule has 0 aliphatic heterocycles. The van der Waals surface area contributed by atoms with Crippen LogP contribution in [-0.4, -0.2) is 63.2 Å². The number of thioether (sulfide) groups is 1. The normalized spacial score (nSPS) is 10.7. The molecule has 0 saturated carbocycles. The van der Waals surface area contributed by atoms with Crippen LogP contribution >= 0.6 is 11.8 Å². The molecular formula is C10H22N2O2S. The maximum atomic E-state index is 11.4. The van der Waals surface area contributed by atoms with Gasteiger partial charge in [0.05, 0.1) is 6.54 Å². The summed E-state index contributed by atoms with van der Waals surface area (Å²) < 4.78 is 4.89. The summed E-state index contributed by atoms with van der Waals surface area (Å²) in [5, 5.41) is 2.86. The average Bonchev–Trinajstić information content (AvgIpc) is 2.21. The Balaban J connectivity index is 3.38. The van der Waals surface area contributed by atoms with E-state index in [9.17, 15) is 4.79 Å². The molecule has 0 heterocycles. The van der Waals surface area contributed by atoms with Crippen LogP contribution in [0.4, 0.5) is 0 Å². The third kappa shape index (κ3) is 10.0. The molecule has 5 heteroatoms. The highest BCUT2D eigenvalue weighted by Crippen LogP contribution is 1.92. The van der Waals surface area contributed by atoms with Gasteiger partial charge in [-0.2, -0.15) is 11.8 Å². The minimum atomic E-state index is 0.0923. The Morgan fingerprint density at radius 2 is 2.27 bits per heavy atom. The molecule has 0 fully saturated rings. The Morgan fingerprint density at radius 3 is 2.87 bits per heavy atom. The summed E-state index contributed by atoms with van der Waals surface area (Å²) in [6.45, 7) is 2.83. The largest absolute Gasteiger partial charge is 0.385 e. The minimum Gasteiger partial charge on any atom is -0.385 e. The number of carbonyl (C=O) groups is 1. The SMILES string of the molecule is COCCCNC(=O)CN(C)CCSC. The quantitative estimate of drug-likeness (QED) is 0.588. The summed E-state index contributed by atoms with van der Waals surface area (Å²) in [5.41, 5.74) is 0. The number of rotatable bonds is 9. The topological polar surface area (TPSA) is 41.6 Å². The number of hydrogen-bond acceptors (Lipinski definition) is 4. The lowest BCUT2D eigenvalue weighted by atomic mass is 10.4. The van der Waals surface area contributed by atoms with Crippen molar-refractivity contribution >= 4 is 17.7 Å². The number of likely N-dealkylation sites (N-methyl/N-ethyl adjacent to an activating group) is 1. The zero-order valence-electron chi connectivity index (χ0n) is 9.91. The van der Waals surface area contributed by atoms with Gasteiger partial charge in [-0.1, -0.05) is 0 Å². The van der Waals surface area contributed by atoms with Crippen LogP contribution in [0.5, 0.6) is 0 Å². The molecule has 0 aromatic carbocycles. The zero-order chi connectivity index (χ0) is 11.5. The maximum Gasteiger partial charge on any atom is 0.234 e. The van der Waals surface area contributed by atoms with E-state index in [1.165, 1.54) is 0 Å². The van der Waals surface area contributed by atoms with Crippen LogP contribution in [0.3, 0.4) is 0 Å². The smallest absolute Gasteiger partial charge is 0.234 e. The van der Waals surface area contributed by atoms with Crippen molar-refractivity contribution in [2.75, 3.05) is 52.4 Å². The first-order chi connectivity index (χ1) is 7.20. The van der Waals surface area contributed by atoms with Crippen LogP contribution in [-0.2, 0) is 9.53 Å². The Bertz CT molecular complexity index is 168. The molecular weight excluding hydrogens is 212 g/mol. The lowest BCUT2D eigenvalue weighted by molar-refractivity contribution is -0.121. The van der Waals surface area contributed by atoms with Gasteiger partial charge in [0.1, 0.15) is 0 Å². The van der Waals surface area contributed by atoms with E-state index in [1.54, 1.807) is 18.9 Å². The summed E-state index contributed by atoms with van der Waals surface area (Å²) >= 11 is 1.79. The van der Waals surface area contributed by atoms with Crippen molar-refractivity contribution in [3.05, 3.63) is 0 Å². The third-order valence-electron chi connectivity index (χ3n) is 1.94. The average molecular weight is 234 g/mol. The van der Waals surface area contributed by atoms with Gasteiger partial charge in [-0.3, -0.25) is 9.69 Å². The molecule has 0 unspecified atom stereocenters. The van der Waals surface area contributed by atoms with Gasteiger partial charge >= 0.3 is 0 Å². The van der Waals surface area contributed by atoms with Gasteiger partial charge in [0, 0.05) is 32.6 Å². The summed E-state index contributed by atoms with van der Waals surface area (Å²) in [6.07, 6.45) is 2.94. The Hall–Kier alpha value is -0.260. The first-order valence-corrected chi connectivity index (χ1v) is 6.53. The van der Waals surface area contributed by atoms with Crippen LogP contribution in [0.25, 0.3) is 0 Å². The van der Waals surface area contributed by atoms with Crippen LogP contribution in [0.2, 0.25) is 0 Å². The number of nitrogens with zero attached hydrogens (tertiary/aromatic N) is 1. The Labute approximate surface area is 96.7 Å². The molecule has 0 bridgehead atoms.